The molecule has 2 aromatic heterocycles. The van der Waals surface area contributed by atoms with Gasteiger partial charge in [-0.3, -0.25) is 4.79 Å². The van der Waals surface area contributed by atoms with E-state index in [9.17, 15) is 31.9 Å². The van der Waals surface area contributed by atoms with Gasteiger partial charge in [0, 0.05) is 22.4 Å². The summed E-state index contributed by atoms with van der Waals surface area (Å²) in [6, 6.07) is 12.5. The van der Waals surface area contributed by atoms with Crippen molar-refractivity contribution in [3.8, 4) is 16.9 Å². The molecule has 2 atom stereocenters. The predicted octanol–water partition coefficient (Wildman–Crippen LogP) is 4.90. The van der Waals surface area contributed by atoms with Gasteiger partial charge in [0.15, 0.2) is 5.60 Å². The number of carbonyl (C=O) groups is 1. The lowest BCUT2D eigenvalue weighted by molar-refractivity contribution is -0.267. The summed E-state index contributed by atoms with van der Waals surface area (Å²) in [7, 11) is 0. The number of nitrogens with zero attached hydrogens (tertiary/aromatic N) is 4. The highest BCUT2D eigenvalue weighted by Crippen LogP contribution is 2.48. The largest absolute Gasteiger partial charge is 0.434 e. The average Bonchev–Trinajstić information content (AvgIpc) is 3.37. The van der Waals surface area contributed by atoms with Gasteiger partial charge in [-0.15, -0.1) is 0 Å². The van der Waals surface area contributed by atoms with Gasteiger partial charge in [-0.1, -0.05) is 12.1 Å². The van der Waals surface area contributed by atoms with Crippen molar-refractivity contribution in [1.29, 1.82) is 0 Å². The molecule has 0 aliphatic carbocycles. The van der Waals surface area contributed by atoms with Gasteiger partial charge >= 0.3 is 12.8 Å². The molecule has 212 valence electrons. The summed E-state index contributed by atoms with van der Waals surface area (Å²) in [6.07, 6.45) is -4.30. The number of anilines is 1. The summed E-state index contributed by atoms with van der Waals surface area (Å²) >= 11 is 0. The van der Waals surface area contributed by atoms with Gasteiger partial charge < -0.3 is 24.6 Å². The van der Waals surface area contributed by atoms with Crippen LogP contribution in [0.1, 0.15) is 45.9 Å². The number of rotatable bonds is 4. The molecule has 0 spiro atoms. The monoisotopic (exact) mass is 571 g/mol. The Kier molecular flexibility index (Phi) is 5.40. The minimum atomic E-state index is -4.72. The maximum atomic E-state index is 13.3. The number of amides is 1. The topological polar surface area (TPSA) is 92.5 Å². The molecule has 8 nitrogen and oxygen atoms in total. The Balaban J connectivity index is 1.27. The second-order valence-electron chi connectivity index (χ2n) is 10.6. The van der Waals surface area contributed by atoms with Crippen molar-refractivity contribution >= 4 is 22.8 Å². The molecule has 4 aromatic rings. The molecule has 2 N–H and O–H groups in total. The van der Waals surface area contributed by atoms with E-state index in [-0.39, 0.29) is 17.2 Å². The van der Waals surface area contributed by atoms with E-state index in [2.05, 4.69) is 10.3 Å². The van der Waals surface area contributed by atoms with Crippen molar-refractivity contribution < 1.29 is 36.6 Å². The molecule has 1 amide bonds. The summed E-state index contributed by atoms with van der Waals surface area (Å²) in [5.41, 5.74) is 1.35. The minimum Gasteiger partial charge on any atom is -0.434 e. The number of hydrogen-bond donors (Lipinski definition) is 2. The van der Waals surface area contributed by atoms with Gasteiger partial charge in [0.05, 0.1) is 36.2 Å². The van der Waals surface area contributed by atoms with E-state index in [1.165, 1.54) is 17.0 Å². The van der Waals surface area contributed by atoms with Gasteiger partial charge in [-0.25, -0.2) is 9.97 Å². The molecule has 7 rings (SSSR count). The molecule has 5 heterocycles. The number of β-amino-alcohol motifs (C(OH)–C–C–N with tert-alkyl or cyclic N) is 1. The number of aromatic nitrogens is 3. The van der Waals surface area contributed by atoms with Gasteiger partial charge in [0.25, 0.3) is 5.91 Å². The van der Waals surface area contributed by atoms with Crippen LogP contribution in [0.5, 0.6) is 5.75 Å². The number of imidazole rings is 1. The van der Waals surface area contributed by atoms with Crippen LogP contribution in [-0.4, -0.2) is 57.0 Å². The number of alkyl halides is 5. The normalized spacial score (nSPS) is 20.9. The van der Waals surface area contributed by atoms with Crippen LogP contribution in [0.15, 0.2) is 48.5 Å². The van der Waals surface area contributed by atoms with Crippen LogP contribution < -0.4 is 15.0 Å². The highest BCUT2D eigenvalue weighted by atomic mass is 19.4. The molecule has 1 fully saturated rings. The van der Waals surface area contributed by atoms with Crippen LogP contribution >= 0.6 is 0 Å². The third-order valence-corrected chi connectivity index (χ3v) is 8.10. The van der Waals surface area contributed by atoms with Gasteiger partial charge in [-0.05, 0) is 55.3 Å². The quantitative estimate of drug-likeness (QED) is 0.339. The lowest BCUT2D eigenvalue weighted by Gasteiger charge is -2.47. The number of nitrogens with one attached hydrogen (secondary N) is 1. The molecule has 0 unspecified atom stereocenters. The molecule has 1 saturated heterocycles. The second kappa shape index (κ2) is 8.62. The molecule has 2 bridgehead atoms. The highest BCUT2D eigenvalue weighted by Gasteiger charge is 2.61. The first-order valence-corrected chi connectivity index (χ1v) is 12.9. The number of aryl methyl sites for hydroxylation is 1. The third kappa shape index (κ3) is 3.85. The molecule has 3 aliphatic rings. The van der Waals surface area contributed by atoms with E-state index >= 15 is 0 Å². The lowest BCUT2D eigenvalue weighted by Crippen LogP contribution is -2.69. The Morgan fingerprint density at radius 3 is 2.59 bits per heavy atom. The number of halogens is 5. The van der Waals surface area contributed by atoms with Crippen LogP contribution in [0.2, 0.25) is 0 Å². The van der Waals surface area contributed by atoms with Crippen LogP contribution in [0.25, 0.3) is 22.2 Å². The second-order valence-corrected chi connectivity index (χ2v) is 10.6. The number of pyridine rings is 1. The summed E-state index contributed by atoms with van der Waals surface area (Å²) in [4.78, 5) is 23.6. The van der Waals surface area contributed by atoms with Gasteiger partial charge in [0.1, 0.15) is 17.4 Å². The van der Waals surface area contributed by atoms with Crippen LogP contribution in [0, 0.1) is 6.92 Å². The molecule has 41 heavy (non-hydrogen) atoms. The lowest BCUT2D eigenvalue weighted by atomic mass is 9.93. The Morgan fingerprint density at radius 2 is 1.88 bits per heavy atom. The fraction of sp³-hybridized carbons (Fsp3) is 0.321. The zero-order valence-corrected chi connectivity index (χ0v) is 21.4. The fourth-order valence-corrected chi connectivity index (χ4v) is 6.13. The molecular formula is C28H22F5N5O3. The van der Waals surface area contributed by atoms with E-state index in [1.54, 1.807) is 25.1 Å². The maximum absolute atomic E-state index is 13.3. The number of hydrogen-bond acceptors (Lipinski definition) is 6. The van der Waals surface area contributed by atoms with Crippen molar-refractivity contribution in [2.75, 3.05) is 18.0 Å². The molecule has 0 saturated carbocycles. The average molecular weight is 572 g/mol. The van der Waals surface area contributed by atoms with E-state index in [4.69, 9.17) is 9.72 Å². The number of carbonyl (C=O) groups excluding carboxylic acids is 1. The zero-order valence-electron chi connectivity index (χ0n) is 21.4. The van der Waals surface area contributed by atoms with Crippen LogP contribution in [0.3, 0.4) is 0 Å². The minimum absolute atomic E-state index is 0.0665. The maximum Gasteiger partial charge on any atom is 0.420 e. The first kappa shape index (κ1) is 25.7. The van der Waals surface area contributed by atoms with Crippen LogP contribution in [-0.2, 0) is 0 Å². The SMILES string of the molecule is Cc1nc(N2CC(O)(C(F)(F)F)C2)ccc1-c1ccc2nc3n(c2c1)[C@@H]1C[C@H]3NC(=O)c2cccc(OC(F)F)c21. The number of aliphatic hydroxyl groups is 1. The van der Waals surface area contributed by atoms with E-state index in [1.807, 2.05) is 22.8 Å². The molecule has 2 aromatic carbocycles. The molecule has 0 radical (unpaired) electrons. The number of fused-ring (bicyclic) bond motifs is 9. The first-order chi connectivity index (χ1) is 19.4. The highest BCUT2D eigenvalue weighted by molar-refractivity contribution is 5.98. The Bertz CT molecular complexity index is 1730. The summed E-state index contributed by atoms with van der Waals surface area (Å²) in [5.74, 6) is 0.482. The number of ether oxygens (including phenoxy) is 1. The van der Waals surface area contributed by atoms with Crippen molar-refractivity contribution in [2.45, 2.75) is 43.8 Å². The molecule has 3 aliphatic heterocycles. The summed E-state index contributed by atoms with van der Waals surface area (Å²) in [5, 5.41) is 12.7. The van der Waals surface area contributed by atoms with E-state index in [0.29, 0.717) is 34.8 Å². The fourth-order valence-electron chi connectivity index (χ4n) is 6.13. The Labute approximate surface area is 229 Å². The molecular weight excluding hydrogens is 549 g/mol. The number of benzene rings is 2. The van der Waals surface area contributed by atoms with Crippen molar-refractivity contribution in [1.82, 2.24) is 19.9 Å². The van der Waals surface area contributed by atoms with Crippen molar-refractivity contribution in [2.24, 2.45) is 0 Å². The van der Waals surface area contributed by atoms with Crippen LogP contribution in [0.4, 0.5) is 27.8 Å². The summed E-state index contributed by atoms with van der Waals surface area (Å²) in [6.45, 7) is -2.49. The smallest absolute Gasteiger partial charge is 0.420 e. The Hall–Kier alpha value is -4.26. The zero-order chi connectivity index (χ0) is 28.8. The van der Waals surface area contributed by atoms with E-state index < -0.39 is 43.6 Å². The summed E-state index contributed by atoms with van der Waals surface area (Å²) < 4.78 is 72.5. The third-order valence-electron chi connectivity index (χ3n) is 8.10. The predicted molar refractivity (Wildman–Crippen MR) is 137 cm³/mol. The van der Waals surface area contributed by atoms with Crippen molar-refractivity contribution in [3.05, 3.63) is 71.2 Å². The van der Waals surface area contributed by atoms with Gasteiger partial charge in [-0.2, -0.15) is 22.0 Å². The van der Waals surface area contributed by atoms with Crippen molar-refractivity contribution in [3.63, 3.8) is 0 Å². The Morgan fingerprint density at radius 1 is 1.10 bits per heavy atom. The van der Waals surface area contributed by atoms with E-state index in [0.717, 1.165) is 16.6 Å². The first-order valence-electron chi connectivity index (χ1n) is 12.9. The van der Waals surface area contributed by atoms with Gasteiger partial charge in [0.2, 0.25) is 0 Å². The standard InChI is InChI=1S/C28H22F5N5O3/c1-13-15(6-8-22(34-13)37-11-27(40,12-37)28(31,32)33)14-5-7-17-19(9-14)38-20-10-18(24(38)35-17)36-25(39)16-3-2-4-21(23(16)20)41-26(29)30/h2-9,18,20,26,40H,10-12H2,1H3,(H,36,39)/t18-,20-/m1/s1. The molecule has 13 heteroatoms.